The molecule has 0 unspecified atom stereocenters. The minimum atomic E-state index is 0.635. The van der Waals surface area contributed by atoms with Crippen molar-refractivity contribution in [2.24, 2.45) is 0 Å². The molecule has 0 saturated heterocycles. The van der Waals surface area contributed by atoms with Crippen LogP contribution in [0.15, 0.2) is 192 Å². The lowest BCUT2D eigenvalue weighted by Crippen LogP contribution is -2.00. The predicted octanol–water partition coefficient (Wildman–Crippen LogP) is 13.6. The third kappa shape index (κ3) is 5.26. The molecule has 0 aliphatic carbocycles. The first-order valence-electron chi connectivity index (χ1n) is 18.5. The molecule has 11 rings (SSSR count). The maximum Gasteiger partial charge on any atom is 0.164 e. The fourth-order valence-corrected chi connectivity index (χ4v) is 8.06. The fraction of sp³-hybridized carbons (Fsp3) is 0. The van der Waals surface area contributed by atoms with Crippen LogP contribution in [0, 0.1) is 0 Å². The van der Waals surface area contributed by atoms with Gasteiger partial charge in [0.05, 0.1) is 0 Å². The Bertz CT molecular complexity index is 3200. The number of rotatable bonds is 5. The summed E-state index contributed by atoms with van der Waals surface area (Å²) >= 11 is 0. The SMILES string of the molecule is c1ccc(-c2nc(-c3ccccc3)nc(-c3cccc(-c4ccccc4-c4ccc5c(ccc6ccc7ccc8c9ccccc9oc8c7c65)c4)c3)n2)cc1. The van der Waals surface area contributed by atoms with Gasteiger partial charge in [-0.25, -0.2) is 15.0 Å². The van der Waals surface area contributed by atoms with Gasteiger partial charge in [0.2, 0.25) is 0 Å². The second kappa shape index (κ2) is 12.6. The first kappa shape index (κ1) is 31.1. The van der Waals surface area contributed by atoms with Gasteiger partial charge in [-0.05, 0) is 68.1 Å². The number of benzene rings is 9. The lowest BCUT2D eigenvalue weighted by molar-refractivity contribution is 0.673. The van der Waals surface area contributed by atoms with Crippen LogP contribution in [0.25, 0.3) is 111 Å². The average molecular weight is 702 g/mol. The van der Waals surface area contributed by atoms with Gasteiger partial charge in [-0.15, -0.1) is 0 Å². The van der Waals surface area contributed by atoms with Crippen LogP contribution in [0.2, 0.25) is 0 Å². The summed E-state index contributed by atoms with van der Waals surface area (Å²) in [6.45, 7) is 0. The molecule has 0 atom stereocenters. The number of hydrogen-bond donors (Lipinski definition) is 0. The second-order valence-electron chi connectivity index (χ2n) is 14.0. The van der Waals surface area contributed by atoms with E-state index in [4.69, 9.17) is 19.4 Å². The zero-order chi connectivity index (χ0) is 36.3. The summed E-state index contributed by atoms with van der Waals surface area (Å²) in [5.41, 5.74) is 9.22. The Kier molecular flexibility index (Phi) is 7.14. The standard InChI is InChI=1S/C51H31N3O/c1-3-12-34(13-4-1)49-52-50(35-14-5-2-6-15-35)54-51(53-49)39-17-11-16-36(31-39)40-18-7-8-19-41(40)37-27-28-42-38(30-37)25-24-32-22-23-33-26-29-44-43-20-9-10-21-45(43)55-48(44)47(33)46(32)42/h1-31H. The molecule has 2 heterocycles. The largest absolute Gasteiger partial charge is 0.455 e. The second-order valence-corrected chi connectivity index (χ2v) is 14.0. The molecule has 2 aromatic heterocycles. The van der Waals surface area contributed by atoms with Gasteiger partial charge in [0.25, 0.3) is 0 Å². The van der Waals surface area contributed by atoms with Gasteiger partial charge in [0, 0.05) is 38.2 Å². The third-order valence-electron chi connectivity index (χ3n) is 10.7. The maximum atomic E-state index is 6.57. The summed E-state index contributed by atoms with van der Waals surface area (Å²) in [4.78, 5) is 14.9. The van der Waals surface area contributed by atoms with E-state index in [0.29, 0.717) is 17.5 Å². The highest BCUT2D eigenvalue weighted by atomic mass is 16.3. The van der Waals surface area contributed by atoms with Crippen molar-refractivity contribution in [3.05, 3.63) is 188 Å². The van der Waals surface area contributed by atoms with Crippen LogP contribution in [0.1, 0.15) is 0 Å². The van der Waals surface area contributed by atoms with Crippen LogP contribution < -0.4 is 0 Å². The Morgan fingerprint density at radius 1 is 0.309 bits per heavy atom. The highest BCUT2D eigenvalue weighted by Crippen LogP contribution is 2.42. The Morgan fingerprint density at radius 2 is 0.818 bits per heavy atom. The predicted molar refractivity (Wildman–Crippen MR) is 227 cm³/mol. The van der Waals surface area contributed by atoms with E-state index >= 15 is 0 Å². The molecule has 9 aromatic carbocycles. The van der Waals surface area contributed by atoms with E-state index in [0.717, 1.165) is 66.3 Å². The molecule has 0 fully saturated rings. The van der Waals surface area contributed by atoms with E-state index in [1.165, 1.54) is 26.9 Å². The molecular formula is C51H31N3O. The van der Waals surface area contributed by atoms with Crippen LogP contribution in [0.5, 0.6) is 0 Å². The molecule has 0 amide bonds. The lowest BCUT2D eigenvalue weighted by atomic mass is 9.90. The molecule has 0 radical (unpaired) electrons. The Balaban J connectivity index is 1.04. The maximum absolute atomic E-state index is 6.57. The third-order valence-corrected chi connectivity index (χ3v) is 10.7. The van der Waals surface area contributed by atoms with Crippen molar-refractivity contribution in [1.29, 1.82) is 0 Å². The molecular weight excluding hydrogens is 671 g/mol. The van der Waals surface area contributed by atoms with Crippen molar-refractivity contribution < 1.29 is 4.42 Å². The first-order chi connectivity index (χ1) is 27.2. The average Bonchev–Trinajstić information content (AvgIpc) is 3.65. The van der Waals surface area contributed by atoms with Gasteiger partial charge in [-0.2, -0.15) is 0 Å². The Morgan fingerprint density at radius 3 is 1.53 bits per heavy atom. The Hall–Kier alpha value is -7.43. The van der Waals surface area contributed by atoms with Gasteiger partial charge < -0.3 is 4.42 Å². The van der Waals surface area contributed by atoms with Gasteiger partial charge in [-0.3, -0.25) is 0 Å². The van der Waals surface area contributed by atoms with Gasteiger partial charge >= 0.3 is 0 Å². The number of aromatic nitrogens is 3. The van der Waals surface area contributed by atoms with Crippen molar-refractivity contribution in [3.8, 4) is 56.4 Å². The molecule has 0 saturated carbocycles. The van der Waals surface area contributed by atoms with Crippen molar-refractivity contribution in [2.75, 3.05) is 0 Å². The highest BCUT2D eigenvalue weighted by molar-refractivity contribution is 6.28. The summed E-state index contributed by atoms with van der Waals surface area (Å²) in [7, 11) is 0. The van der Waals surface area contributed by atoms with Crippen LogP contribution in [-0.2, 0) is 0 Å². The number of hydrogen-bond acceptors (Lipinski definition) is 4. The van der Waals surface area contributed by atoms with Crippen molar-refractivity contribution >= 4 is 54.3 Å². The normalized spacial score (nSPS) is 11.6. The first-order valence-corrected chi connectivity index (χ1v) is 18.5. The topological polar surface area (TPSA) is 51.8 Å². The van der Waals surface area contributed by atoms with E-state index in [1.807, 2.05) is 66.7 Å². The highest BCUT2D eigenvalue weighted by Gasteiger charge is 2.17. The molecule has 55 heavy (non-hydrogen) atoms. The van der Waals surface area contributed by atoms with Crippen LogP contribution >= 0.6 is 0 Å². The zero-order valence-corrected chi connectivity index (χ0v) is 29.6. The summed E-state index contributed by atoms with van der Waals surface area (Å²) < 4.78 is 6.57. The smallest absolute Gasteiger partial charge is 0.164 e. The molecule has 4 nitrogen and oxygen atoms in total. The van der Waals surface area contributed by atoms with E-state index in [-0.39, 0.29) is 0 Å². The lowest BCUT2D eigenvalue weighted by Gasteiger charge is -2.14. The van der Waals surface area contributed by atoms with Gasteiger partial charge in [0.1, 0.15) is 11.2 Å². The van der Waals surface area contributed by atoms with Crippen molar-refractivity contribution in [2.45, 2.75) is 0 Å². The van der Waals surface area contributed by atoms with Crippen LogP contribution in [0.3, 0.4) is 0 Å². The summed E-state index contributed by atoms with van der Waals surface area (Å²) in [6, 6.07) is 65.8. The number of furan rings is 1. The molecule has 0 aliphatic heterocycles. The summed E-state index contributed by atoms with van der Waals surface area (Å²) in [5, 5.41) is 9.42. The van der Waals surface area contributed by atoms with E-state index in [2.05, 4.69) is 121 Å². The number of nitrogens with zero attached hydrogens (tertiary/aromatic N) is 3. The van der Waals surface area contributed by atoms with Crippen molar-refractivity contribution in [3.63, 3.8) is 0 Å². The molecule has 256 valence electrons. The quantitative estimate of drug-likeness (QED) is 0.168. The van der Waals surface area contributed by atoms with E-state index < -0.39 is 0 Å². The van der Waals surface area contributed by atoms with Gasteiger partial charge in [-0.1, -0.05) is 164 Å². The summed E-state index contributed by atoms with van der Waals surface area (Å²) in [5.74, 6) is 1.93. The minimum Gasteiger partial charge on any atom is -0.455 e. The zero-order valence-electron chi connectivity index (χ0n) is 29.6. The fourth-order valence-electron chi connectivity index (χ4n) is 8.06. The number of para-hydroxylation sites is 1. The molecule has 0 aliphatic rings. The van der Waals surface area contributed by atoms with Crippen LogP contribution in [0.4, 0.5) is 0 Å². The Labute approximate surface area is 317 Å². The number of fused-ring (bicyclic) bond motifs is 9. The summed E-state index contributed by atoms with van der Waals surface area (Å²) in [6.07, 6.45) is 0. The van der Waals surface area contributed by atoms with Crippen LogP contribution in [-0.4, -0.2) is 15.0 Å². The minimum absolute atomic E-state index is 0.635. The monoisotopic (exact) mass is 701 g/mol. The molecule has 0 N–H and O–H groups in total. The molecule has 0 spiro atoms. The molecule has 4 heteroatoms. The van der Waals surface area contributed by atoms with E-state index in [9.17, 15) is 0 Å². The molecule has 0 bridgehead atoms. The molecule has 11 aromatic rings. The van der Waals surface area contributed by atoms with Gasteiger partial charge in [0.15, 0.2) is 17.5 Å². The van der Waals surface area contributed by atoms with Crippen molar-refractivity contribution in [1.82, 2.24) is 15.0 Å². The van der Waals surface area contributed by atoms with E-state index in [1.54, 1.807) is 0 Å².